The Balaban J connectivity index is 2.11. The molecule has 1 aliphatic heterocycles. The van der Waals surface area contributed by atoms with Gasteiger partial charge in [0.25, 0.3) is 5.56 Å². The minimum absolute atomic E-state index is 0.205. The molecule has 2 heterocycles. The number of aliphatic carboxylic acids is 1. The fraction of sp³-hybridized carbons (Fsp3) is 0.583. The lowest BCUT2D eigenvalue weighted by atomic mass is 10.0. The Labute approximate surface area is 98.1 Å². The van der Waals surface area contributed by atoms with Crippen LogP contribution in [0.25, 0.3) is 0 Å². The van der Waals surface area contributed by atoms with Crippen LogP contribution in [0.1, 0.15) is 49.2 Å². The fourth-order valence-electron chi connectivity index (χ4n) is 2.47. The Kier molecular flexibility index (Phi) is 2.28. The molecule has 0 spiro atoms. The van der Waals surface area contributed by atoms with Crippen LogP contribution in [-0.2, 0) is 11.2 Å². The maximum absolute atomic E-state index is 12.0. The summed E-state index contributed by atoms with van der Waals surface area (Å²) in [7, 11) is 0. The maximum Gasteiger partial charge on any atom is 0.326 e. The van der Waals surface area contributed by atoms with Gasteiger partial charge in [-0.2, -0.15) is 0 Å². The molecule has 1 saturated carbocycles. The Bertz CT molecular complexity index is 531. The van der Waals surface area contributed by atoms with Crippen LogP contribution in [0.3, 0.4) is 0 Å². The van der Waals surface area contributed by atoms with E-state index in [0.29, 0.717) is 24.6 Å². The van der Waals surface area contributed by atoms with Crippen molar-refractivity contribution in [2.24, 2.45) is 0 Å². The lowest BCUT2D eigenvalue weighted by molar-refractivity contribution is -0.141. The van der Waals surface area contributed by atoms with Crippen LogP contribution in [0.4, 0.5) is 0 Å². The topological polar surface area (TPSA) is 72.2 Å². The molecule has 1 unspecified atom stereocenters. The SMILES string of the molecule is O=C(O)C1CCCc2nc(C3CC3)cc(=O)n21. The van der Waals surface area contributed by atoms with Crippen molar-refractivity contribution in [1.82, 2.24) is 9.55 Å². The van der Waals surface area contributed by atoms with Crippen molar-refractivity contribution in [2.75, 3.05) is 0 Å². The highest BCUT2D eigenvalue weighted by Gasteiger charge is 2.31. The van der Waals surface area contributed by atoms with Gasteiger partial charge in [0.2, 0.25) is 0 Å². The van der Waals surface area contributed by atoms with E-state index in [2.05, 4.69) is 4.98 Å². The first-order valence-corrected chi connectivity index (χ1v) is 6.02. The molecule has 1 fully saturated rings. The van der Waals surface area contributed by atoms with Crippen LogP contribution < -0.4 is 5.56 Å². The van der Waals surface area contributed by atoms with Crippen molar-refractivity contribution in [3.63, 3.8) is 0 Å². The molecule has 5 heteroatoms. The Morgan fingerprint density at radius 3 is 2.82 bits per heavy atom. The van der Waals surface area contributed by atoms with E-state index in [0.717, 1.165) is 25.0 Å². The Hall–Kier alpha value is -1.65. The molecule has 90 valence electrons. The van der Waals surface area contributed by atoms with Gasteiger partial charge in [0.05, 0.1) is 5.69 Å². The summed E-state index contributed by atoms with van der Waals surface area (Å²) in [6.07, 6.45) is 4.21. The second-order valence-electron chi connectivity index (χ2n) is 4.83. The highest BCUT2D eigenvalue weighted by molar-refractivity contribution is 5.72. The fourth-order valence-corrected chi connectivity index (χ4v) is 2.47. The number of hydrogen-bond donors (Lipinski definition) is 1. The first-order chi connectivity index (χ1) is 8.16. The molecule has 0 radical (unpaired) electrons. The molecule has 0 saturated heterocycles. The van der Waals surface area contributed by atoms with E-state index in [9.17, 15) is 9.59 Å². The number of carbonyl (C=O) groups is 1. The summed E-state index contributed by atoms with van der Waals surface area (Å²) in [4.78, 5) is 27.6. The van der Waals surface area contributed by atoms with Gasteiger partial charge in [0.15, 0.2) is 0 Å². The zero-order valence-corrected chi connectivity index (χ0v) is 9.43. The second kappa shape index (κ2) is 3.68. The molecule has 17 heavy (non-hydrogen) atoms. The molecular weight excluding hydrogens is 220 g/mol. The van der Waals surface area contributed by atoms with Crippen LogP contribution in [0.5, 0.6) is 0 Å². The van der Waals surface area contributed by atoms with Crippen molar-refractivity contribution in [3.05, 3.63) is 27.9 Å². The highest BCUT2D eigenvalue weighted by atomic mass is 16.4. The van der Waals surface area contributed by atoms with Crippen molar-refractivity contribution < 1.29 is 9.90 Å². The lowest BCUT2D eigenvalue weighted by Crippen LogP contribution is -2.36. The molecule has 1 aliphatic carbocycles. The average Bonchev–Trinajstić information content (AvgIpc) is 3.11. The minimum atomic E-state index is -0.936. The number of hydrogen-bond acceptors (Lipinski definition) is 3. The summed E-state index contributed by atoms with van der Waals surface area (Å²) in [6.45, 7) is 0. The van der Waals surface area contributed by atoms with Crippen LogP contribution in [0, 0.1) is 0 Å². The number of fused-ring (bicyclic) bond motifs is 1. The Morgan fingerprint density at radius 1 is 1.41 bits per heavy atom. The largest absolute Gasteiger partial charge is 0.480 e. The molecule has 1 N–H and O–H groups in total. The predicted octanol–water partition coefficient (Wildman–Crippen LogP) is 1.08. The number of rotatable bonds is 2. The quantitative estimate of drug-likeness (QED) is 0.831. The van der Waals surface area contributed by atoms with Gasteiger partial charge in [-0.1, -0.05) is 0 Å². The van der Waals surface area contributed by atoms with Gasteiger partial charge in [0.1, 0.15) is 11.9 Å². The van der Waals surface area contributed by atoms with Crippen molar-refractivity contribution in [2.45, 2.75) is 44.1 Å². The summed E-state index contributed by atoms with van der Waals surface area (Å²) >= 11 is 0. The van der Waals surface area contributed by atoms with Crippen LogP contribution in [0.15, 0.2) is 10.9 Å². The third-order valence-electron chi connectivity index (χ3n) is 3.52. The molecule has 3 rings (SSSR count). The number of carboxylic acids is 1. The zero-order valence-electron chi connectivity index (χ0n) is 9.43. The van der Waals surface area contributed by atoms with Gasteiger partial charge in [-0.05, 0) is 25.7 Å². The monoisotopic (exact) mass is 234 g/mol. The second-order valence-corrected chi connectivity index (χ2v) is 4.83. The maximum atomic E-state index is 12.0. The third-order valence-corrected chi connectivity index (χ3v) is 3.52. The van der Waals surface area contributed by atoms with Gasteiger partial charge in [-0.3, -0.25) is 9.36 Å². The van der Waals surface area contributed by atoms with Crippen molar-refractivity contribution in [1.29, 1.82) is 0 Å². The molecule has 0 aromatic carbocycles. The van der Waals surface area contributed by atoms with Crippen LogP contribution in [0.2, 0.25) is 0 Å². The lowest BCUT2D eigenvalue weighted by Gasteiger charge is -2.24. The normalized spacial score (nSPS) is 23.2. The molecular formula is C12H14N2O3. The van der Waals surface area contributed by atoms with E-state index in [1.807, 2.05) is 0 Å². The van der Waals surface area contributed by atoms with Gasteiger partial charge in [-0.15, -0.1) is 0 Å². The molecule has 1 atom stereocenters. The number of carboxylic acid groups (broad SMARTS) is 1. The van der Waals surface area contributed by atoms with Crippen molar-refractivity contribution >= 4 is 5.97 Å². The molecule has 5 nitrogen and oxygen atoms in total. The van der Waals surface area contributed by atoms with E-state index in [1.165, 1.54) is 10.6 Å². The molecule has 1 aromatic heterocycles. The van der Waals surface area contributed by atoms with Gasteiger partial charge < -0.3 is 5.11 Å². The number of aryl methyl sites for hydroxylation is 1. The average molecular weight is 234 g/mol. The third kappa shape index (κ3) is 1.75. The van der Waals surface area contributed by atoms with Gasteiger partial charge >= 0.3 is 5.97 Å². The van der Waals surface area contributed by atoms with Gasteiger partial charge in [0, 0.05) is 18.4 Å². The molecule has 0 amide bonds. The van der Waals surface area contributed by atoms with Crippen LogP contribution >= 0.6 is 0 Å². The number of aromatic nitrogens is 2. The summed E-state index contributed by atoms with van der Waals surface area (Å²) < 4.78 is 1.36. The zero-order chi connectivity index (χ0) is 12.0. The summed E-state index contributed by atoms with van der Waals surface area (Å²) in [6, 6.07) is 0.787. The van der Waals surface area contributed by atoms with E-state index in [-0.39, 0.29) is 5.56 Å². The van der Waals surface area contributed by atoms with Crippen molar-refractivity contribution in [3.8, 4) is 0 Å². The summed E-state index contributed by atoms with van der Waals surface area (Å²) in [5, 5.41) is 9.11. The van der Waals surface area contributed by atoms with E-state index in [1.54, 1.807) is 0 Å². The highest BCUT2D eigenvalue weighted by Crippen LogP contribution is 2.38. The minimum Gasteiger partial charge on any atom is -0.480 e. The molecule has 0 bridgehead atoms. The van der Waals surface area contributed by atoms with Gasteiger partial charge in [-0.25, -0.2) is 9.78 Å². The summed E-state index contributed by atoms with van der Waals surface area (Å²) in [5.41, 5.74) is 0.649. The summed E-state index contributed by atoms with van der Waals surface area (Å²) in [5.74, 6) is 0.144. The van der Waals surface area contributed by atoms with E-state index < -0.39 is 12.0 Å². The number of nitrogens with zero attached hydrogens (tertiary/aromatic N) is 2. The first-order valence-electron chi connectivity index (χ1n) is 6.02. The predicted molar refractivity (Wildman–Crippen MR) is 60.1 cm³/mol. The van der Waals surface area contributed by atoms with E-state index in [4.69, 9.17) is 5.11 Å². The Morgan fingerprint density at radius 2 is 2.18 bits per heavy atom. The smallest absolute Gasteiger partial charge is 0.326 e. The molecule has 1 aromatic rings. The van der Waals surface area contributed by atoms with Crippen LogP contribution in [-0.4, -0.2) is 20.6 Å². The van der Waals surface area contributed by atoms with E-state index >= 15 is 0 Å². The molecule has 2 aliphatic rings. The standard InChI is InChI=1S/C12H14N2O3/c15-11-6-8(7-4-5-7)13-10-3-1-2-9(12(16)17)14(10)11/h6-7,9H,1-5H2,(H,16,17). The first kappa shape index (κ1) is 10.5.